The molecule has 2 heterocycles. The smallest absolute Gasteiger partial charge is 0.221 e. The van der Waals surface area contributed by atoms with Gasteiger partial charge < -0.3 is 9.88 Å². The van der Waals surface area contributed by atoms with Gasteiger partial charge in [-0.1, -0.05) is 30.3 Å². The molecule has 0 fully saturated rings. The third-order valence-corrected chi connectivity index (χ3v) is 5.83. The van der Waals surface area contributed by atoms with E-state index in [4.69, 9.17) is 0 Å². The number of aromatic nitrogens is 2. The SMILES string of the molecule is CS(=O)(=O)NN1Cc2cc(C#N)ccc2N(Cc2c[nH]cn2)CC1Cc1ccccc1. The monoisotopic (exact) mass is 436 g/mol. The van der Waals surface area contributed by atoms with Crippen molar-refractivity contribution in [2.24, 2.45) is 0 Å². The number of hydrazine groups is 1. The quantitative estimate of drug-likeness (QED) is 0.614. The van der Waals surface area contributed by atoms with E-state index < -0.39 is 10.0 Å². The second-order valence-electron chi connectivity index (χ2n) is 7.73. The number of hydrogen-bond donors (Lipinski definition) is 2. The summed E-state index contributed by atoms with van der Waals surface area (Å²) in [4.78, 5) is 12.2. The van der Waals surface area contributed by atoms with Crippen molar-refractivity contribution >= 4 is 15.7 Å². The standard InChI is InChI=1S/C22H24N6O2S/c1-31(29,30)26-28-13-19-9-18(11-23)7-8-22(19)27(14-20-12-24-16-25-20)15-21(28)10-17-5-3-2-4-6-17/h2-9,12,16,21,26H,10,13-15H2,1H3,(H,24,25). The van der Waals surface area contributed by atoms with Crippen molar-refractivity contribution in [3.05, 3.63) is 83.4 Å². The van der Waals surface area contributed by atoms with Crippen LogP contribution in [0.2, 0.25) is 0 Å². The van der Waals surface area contributed by atoms with Gasteiger partial charge >= 0.3 is 0 Å². The Morgan fingerprint density at radius 2 is 2.06 bits per heavy atom. The minimum Gasteiger partial charge on any atom is -0.364 e. The lowest BCUT2D eigenvalue weighted by atomic mass is 10.1. The molecule has 1 aliphatic heterocycles. The molecule has 1 unspecified atom stereocenters. The van der Waals surface area contributed by atoms with E-state index in [2.05, 4.69) is 25.8 Å². The van der Waals surface area contributed by atoms with Crippen LogP contribution in [0.1, 0.15) is 22.4 Å². The third kappa shape index (κ3) is 5.30. The number of benzene rings is 2. The van der Waals surface area contributed by atoms with Gasteiger partial charge in [0.2, 0.25) is 10.0 Å². The van der Waals surface area contributed by atoms with Gasteiger partial charge in [-0.2, -0.15) is 5.26 Å². The highest BCUT2D eigenvalue weighted by atomic mass is 32.2. The molecule has 1 aliphatic rings. The number of rotatable bonds is 6. The summed E-state index contributed by atoms with van der Waals surface area (Å²) in [5.41, 5.74) is 4.41. The molecule has 9 heteroatoms. The Morgan fingerprint density at radius 3 is 2.74 bits per heavy atom. The van der Waals surface area contributed by atoms with E-state index >= 15 is 0 Å². The molecule has 2 N–H and O–H groups in total. The number of H-pyrrole nitrogens is 1. The Labute approximate surface area is 182 Å². The fourth-order valence-electron chi connectivity index (χ4n) is 3.96. The Morgan fingerprint density at radius 1 is 1.26 bits per heavy atom. The Hall–Kier alpha value is -3.19. The predicted molar refractivity (Wildman–Crippen MR) is 118 cm³/mol. The normalized spacial score (nSPS) is 17.0. The van der Waals surface area contributed by atoms with Gasteiger partial charge in [0.1, 0.15) is 0 Å². The maximum absolute atomic E-state index is 12.1. The first kappa shape index (κ1) is 21.1. The first-order valence-electron chi connectivity index (χ1n) is 9.95. The van der Waals surface area contributed by atoms with Crippen LogP contribution in [0.15, 0.2) is 61.1 Å². The zero-order chi connectivity index (χ0) is 21.8. The maximum atomic E-state index is 12.1. The largest absolute Gasteiger partial charge is 0.364 e. The second kappa shape index (κ2) is 8.89. The van der Waals surface area contributed by atoms with Crippen molar-refractivity contribution in [1.82, 2.24) is 19.8 Å². The van der Waals surface area contributed by atoms with Crippen LogP contribution in [0.4, 0.5) is 5.69 Å². The predicted octanol–water partition coefficient (Wildman–Crippen LogP) is 2.18. The van der Waals surface area contributed by atoms with Crippen LogP contribution in [-0.2, 0) is 29.5 Å². The van der Waals surface area contributed by atoms with Crippen LogP contribution in [0.25, 0.3) is 0 Å². The highest BCUT2D eigenvalue weighted by Crippen LogP contribution is 2.30. The van der Waals surface area contributed by atoms with Gasteiger partial charge in [-0.25, -0.2) is 18.4 Å². The molecule has 8 nitrogen and oxygen atoms in total. The second-order valence-corrected chi connectivity index (χ2v) is 9.46. The van der Waals surface area contributed by atoms with Crippen LogP contribution in [0.3, 0.4) is 0 Å². The lowest BCUT2D eigenvalue weighted by molar-refractivity contribution is 0.164. The van der Waals surface area contributed by atoms with Crippen molar-refractivity contribution in [3.63, 3.8) is 0 Å². The number of nitrogens with one attached hydrogen (secondary N) is 2. The summed E-state index contributed by atoms with van der Waals surface area (Å²) in [6, 6.07) is 17.6. The van der Waals surface area contributed by atoms with Crippen LogP contribution in [0.5, 0.6) is 0 Å². The Bertz CT molecular complexity index is 1170. The molecule has 1 aromatic heterocycles. The molecular weight excluding hydrogens is 412 g/mol. The van der Waals surface area contributed by atoms with Crippen molar-refractivity contribution in [1.29, 1.82) is 5.26 Å². The van der Waals surface area contributed by atoms with Crippen molar-refractivity contribution < 1.29 is 8.42 Å². The van der Waals surface area contributed by atoms with Crippen molar-refractivity contribution in [2.75, 3.05) is 17.7 Å². The van der Waals surface area contributed by atoms with E-state index in [1.165, 1.54) is 0 Å². The molecule has 1 atom stereocenters. The van der Waals surface area contributed by atoms with E-state index in [-0.39, 0.29) is 6.04 Å². The summed E-state index contributed by atoms with van der Waals surface area (Å²) >= 11 is 0. The van der Waals surface area contributed by atoms with Gasteiger partial charge in [-0.3, -0.25) is 0 Å². The number of aromatic amines is 1. The van der Waals surface area contributed by atoms with E-state index in [0.29, 0.717) is 31.6 Å². The summed E-state index contributed by atoms with van der Waals surface area (Å²) in [5, 5.41) is 11.1. The number of nitrogens with zero attached hydrogens (tertiary/aromatic N) is 4. The topological polar surface area (TPSA) is 105 Å². The number of sulfonamides is 1. The average molecular weight is 437 g/mol. The number of nitriles is 1. The van der Waals surface area contributed by atoms with E-state index in [1.807, 2.05) is 48.7 Å². The summed E-state index contributed by atoms with van der Waals surface area (Å²) < 4.78 is 24.3. The van der Waals surface area contributed by atoms with Crippen LogP contribution >= 0.6 is 0 Å². The number of imidazole rings is 1. The van der Waals surface area contributed by atoms with Gasteiger partial charge in [0, 0.05) is 31.0 Å². The Balaban J connectivity index is 1.75. The Kier molecular flexibility index (Phi) is 6.04. The van der Waals surface area contributed by atoms with Crippen LogP contribution in [-0.4, -0.2) is 42.2 Å². The zero-order valence-electron chi connectivity index (χ0n) is 17.2. The molecule has 0 saturated heterocycles. The van der Waals surface area contributed by atoms with Gasteiger partial charge in [-0.05, 0) is 35.7 Å². The van der Waals surface area contributed by atoms with Crippen LogP contribution < -0.4 is 9.73 Å². The van der Waals surface area contributed by atoms with Crippen molar-refractivity contribution in [3.8, 4) is 6.07 Å². The molecule has 3 aromatic rings. The molecule has 2 aromatic carbocycles. The first-order chi connectivity index (χ1) is 14.9. The minimum absolute atomic E-state index is 0.131. The zero-order valence-corrected chi connectivity index (χ0v) is 18.0. The molecule has 0 spiro atoms. The summed E-state index contributed by atoms with van der Waals surface area (Å²) in [6.45, 7) is 1.51. The number of hydrogen-bond acceptors (Lipinski definition) is 6. The minimum atomic E-state index is -3.48. The maximum Gasteiger partial charge on any atom is 0.221 e. The van der Waals surface area contributed by atoms with Gasteiger partial charge in [0.15, 0.2) is 0 Å². The van der Waals surface area contributed by atoms with E-state index in [1.54, 1.807) is 17.4 Å². The summed E-state index contributed by atoms with van der Waals surface area (Å²) in [7, 11) is -3.48. The first-order valence-corrected chi connectivity index (χ1v) is 11.8. The molecule has 0 saturated carbocycles. The fourth-order valence-corrected chi connectivity index (χ4v) is 4.60. The molecule has 4 rings (SSSR count). The van der Waals surface area contributed by atoms with Gasteiger partial charge in [0.25, 0.3) is 0 Å². The third-order valence-electron chi connectivity index (χ3n) is 5.27. The highest BCUT2D eigenvalue weighted by molar-refractivity contribution is 7.88. The molecule has 0 aliphatic carbocycles. The molecule has 160 valence electrons. The fraction of sp³-hybridized carbons (Fsp3) is 0.273. The van der Waals surface area contributed by atoms with Gasteiger partial charge in [-0.15, -0.1) is 4.83 Å². The van der Waals surface area contributed by atoms with E-state index in [9.17, 15) is 13.7 Å². The summed E-state index contributed by atoms with van der Waals surface area (Å²) in [6.07, 6.45) is 5.32. The van der Waals surface area contributed by atoms with Gasteiger partial charge in [0.05, 0.1) is 36.5 Å². The molecular formula is C22H24N6O2S. The summed E-state index contributed by atoms with van der Waals surface area (Å²) in [5.74, 6) is 0. The average Bonchev–Trinajstić information content (AvgIpc) is 3.20. The lowest BCUT2D eigenvalue weighted by Crippen LogP contribution is -2.51. The number of fused-ring (bicyclic) bond motifs is 1. The molecule has 0 bridgehead atoms. The number of anilines is 1. The van der Waals surface area contributed by atoms with E-state index in [0.717, 1.165) is 28.8 Å². The molecule has 31 heavy (non-hydrogen) atoms. The lowest BCUT2D eigenvalue weighted by Gasteiger charge is -2.32. The van der Waals surface area contributed by atoms with Crippen LogP contribution in [0, 0.1) is 11.3 Å². The van der Waals surface area contributed by atoms with Crippen molar-refractivity contribution in [2.45, 2.75) is 25.6 Å². The molecule has 0 radical (unpaired) electrons. The highest BCUT2D eigenvalue weighted by Gasteiger charge is 2.30. The molecule has 0 amide bonds.